The van der Waals surface area contributed by atoms with Crippen molar-refractivity contribution in [1.82, 2.24) is 0 Å². The van der Waals surface area contributed by atoms with E-state index < -0.39 is 5.79 Å². The van der Waals surface area contributed by atoms with E-state index >= 15 is 0 Å². The van der Waals surface area contributed by atoms with E-state index in [-0.39, 0.29) is 4.83 Å². The van der Waals surface area contributed by atoms with E-state index in [1.54, 1.807) is 7.11 Å². The van der Waals surface area contributed by atoms with Crippen molar-refractivity contribution in [3.63, 3.8) is 0 Å². The maximum absolute atomic E-state index is 6.15. The molecule has 0 spiro atoms. The van der Waals surface area contributed by atoms with Crippen LogP contribution in [0.3, 0.4) is 0 Å². The first-order valence-corrected chi connectivity index (χ1v) is 8.24. The molecule has 0 bridgehead atoms. The van der Waals surface area contributed by atoms with Gasteiger partial charge in [-0.25, -0.2) is 0 Å². The molecule has 2 aromatic carbocycles. The third-order valence-corrected chi connectivity index (χ3v) is 4.54. The normalized spacial score (nSPS) is 18.9. The second-order valence-electron chi connectivity index (χ2n) is 5.24. The summed E-state index contributed by atoms with van der Waals surface area (Å²) in [6.45, 7) is 3.04. The van der Waals surface area contributed by atoms with Crippen LogP contribution in [0.5, 0.6) is 5.75 Å². The van der Waals surface area contributed by atoms with Gasteiger partial charge in [0.05, 0.1) is 30.7 Å². The summed E-state index contributed by atoms with van der Waals surface area (Å²) in [6.07, 6.45) is 3.96. The molecule has 1 atom stereocenters. The molecule has 0 amide bonds. The van der Waals surface area contributed by atoms with E-state index in [0.717, 1.165) is 22.1 Å². The summed E-state index contributed by atoms with van der Waals surface area (Å²) in [6, 6.07) is 12.2. The van der Waals surface area contributed by atoms with Crippen molar-refractivity contribution in [2.24, 2.45) is 0 Å². The van der Waals surface area contributed by atoms with Crippen molar-refractivity contribution in [2.45, 2.75) is 17.5 Å². The fourth-order valence-corrected chi connectivity index (χ4v) is 3.37. The van der Waals surface area contributed by atoms with E-state index in [9.17, 15) is 0 Å². The van der Waals surface area contributed by atoms with Crippen molar-refractivity contribution in [2.75, 3.05) is 20.3 Å². The lowest BCUT2D eigenvalue weighted by Gasteiger charge is -2.37. The van der Waals surface area contributed by atoms with Gasteiger partial charge in [0.1, 0.15) is 5.75 Å². The summed E-state index contributed by atoms with van der Waals surface area (Å²) in [5.74, 6) is -0.123. The Kier molecular flexibility index (Phi) is 4.52. The minimum Gasteiger partial charge on any atom is -0.496 e. The van der Waals surface area contributed by atoms with Gasteiger partial charge in [-0.05, 0) is 23.8 Å². The second kappa shape index (κ2) is 6.41. The van der Waals surface area contributed by atoms with Gasteiger partial charge in [0.2, 0.25) is 5.79 Å². The molecule has 0 N–H and O–H groups in total. The van der Waals surface area contributed by atoms with Gasteiger partial charge in [-0.15, -0.1) is 0 Å². The van der Waals surface area contributed by atoms with E-state index in [0.29, 0.717) is 13.2 Å². The number of methoxy groups -OCH3 is 1. The number of ether oxygens (including phenoxy) is 3. The number of rotatable bonds is 3. The highest BCUT2D eigenvalue weighted by Crippen LogP contribution is 2.44. The first kappa shape index (κ1) is 15.5. The van der Waals surface area contributed by atoms with Crippen LogP contribution in [0, 0.1) is 0 Å². The Morgan fingerprint density at radius 2 is 1.77 bits per heavy atom. The van der Waals surface area contributed by atoms with Crippen molar-refractivity contribution in [3.8, 4) is 5.75 Å². The zero-order chi connectivity index (χ0) is 15.6. The molecule has 1 aliphatic heterocycles. The van der Waals surface area contributed by atoms with Crippen molar-refractivity contribution in [1.29, 1.82) is 0 Å². The van der Waals surface area contributed by atoms with Crippen molar-refractivity contribution >= 4 is 26.7 Å². The van der Waals surface area contributed by atoms with Crippen LogP contribution in [0.4, 0.5) is 0 Å². The quantitative estimate of drug-likeness (QED) is 0.598. The predicted molar refractivity (Wildman–Crippen MR) is 91.6 cm³/mol. The van der Waals surface area contributed by atoms with Gasteiger partial charge in [0.25, 0.3) is 0 Å². The lowest BCUT2D eigenvalue weighted by atomic mass is 9.94. The molecule has 0 saturated carbocycles. The van der Waals surface area contributed by atoms with Crippen LogP contribution in [0.15, 0.2) is 48.6 Å². The highest BCUT2D eigenvalue weighted by Gasteiger charge is 2.43. The number of hydrogen-bond acceptors (Lipinski definition) is 3. The third-order valence-electron chi connectivity index (χ3n) is 3.94. The minimum absolute atomic E-state index is 0.0420. The molecule has 0 aliphatic carbocycles. The van der Waals surface area contributed by atoms with Gasteiger partial charge in [-0.1, -0.05) is 58.4 Å². The molecule has 3 nitrogen and oxygen atoms in total. The maximum Gasteiger partial charge on any atom is 0.212 e. The van der Waals surface area contributed by atoms with Crippen LogP contribution in [0.1, 0.15) is 12.5 Å². The Morgan fingerprint density at radius 1 is 1.09 bits per heavy atom. The van der Waals surface area contributed by atoms with E-state index in [4.69, 9.17) is 14.2 Å². The molecule has 1 heterocycles. The van der Waals surface area contributed by atoms with Crippen LogP contribution < -0.4 is 4.74 Å². The molecule has 4 heteroatoms. The molecule has 22 heavy (non-hydrogen) atoms. The Hall–Kier alpha value is -1.36. The molecule has 1 aliphatic rings. The SMILES string of the molecule is COc1ccc2ccccc2c1C1(C(C)Br)OCC=CCO1. The molecule has 0 aromatic heterocycles. The lowest BCUT2D eigenvalue weighted by Crippen LogP contribution is -2.40. The predicted octanol–water partition coefficient (Wildman–Crippen LogP) is 4.39. The first-order chi connectivity index (χ1) is 10.7. The standard InChI is InChI=1S/C18H19BrO3/c1-13(19)18(21-11-5-6-12-22-18)17-15-8-4-3-7-14(15)9-10-16(17)20-2/h3-10,13H,11-12H2,1-2H3. The molecule has 116 valence electrons. The number of hydrogen-bond donors (Lipinski definition) is 0. The molecular weight excluding hydrogens is 344 g/mol. The van der Waals surface area contributed by atoms with Gasteiger partial charge in [0, 0.05) is 0 Å². The molecule has 1 unspecified atom stereocenters. The van der Waals surface area contributed by atoms with E-state index in [1.807, 2.05) is 37.3 Å². The average molecular weight is 363 g/mol. The summed E-state index contributed by atoms with van der Waals surface area (Å²) in [7, 11) is 1.68. The van der Waals surface area contributed by atoms with Crippen LogP contribution in [-0.4, -0.2) is 25.2 Å². The Morgan fingerprint density at radius 3 is 2.41 bits per heavy atom. The number of alkyl halides is 1. The molecule has 3 rings (SSSR count). The summed E-state index contributed by atoms with van der Waals surface area (Å²) in [5.41, 5.74) is 0.932. The summed E-state index contributed by atoms with van der Waals surface area (Å²) >= 11 is 3.68. The largest absolute Gasteiger partial charge is 0.496 e. The van der Waals surface area contributed by atoms with Gasteiger partial charge in [0.15, 0.2) is 0 Å². The smallest absolute Gasteiger partial charge is 0.212 e. The Labute approximate surface area is 139 Å². The molecular formula is C18H19BrO3. The fourth-order valence-electron chi connectivity index (χ4n) is 2.88. The molecule has 0 radical (unpaired) electrons. The minimum atomic E-state index is -0.893. The number of halogens is 1. The van der Waals surface area contributed by atoms with Gasteiger partial charge in [-0.2, -0.15) is 0 Å². The van der Waals surface area contributed by atoms with Crippen molar-refractivity contribution in [3.05, 3.63) is 54.1 Å². The first-order valence-electron chi connectivity index (χ1n) is 7.32. The van der Waals surface area contributed by atoms with Crippen LogP contribution in [0.2, 0.25) is 0 Å². The van der Waals surface area contributed by atoms with Gasteiger partial charge in [-0.3, -0.25) is 0 Å². The lowest BCUT2D eigenvalue weighted by molar-refractivity contribution is -0.227. The van der Waals surface area contributed by atoms with Crippen molar-refractivity contribution < 1.29 is 14.2 Å². The van der Waals surface area contributed by atoms with Crippen LogP contribution in [0.25, 0.3) is 10.8 Å². The van der Waals surface area contributed by atoms with E-state index in [2.05, 4.69) is 34.1 Å². The fraction of sp³-hybridized carbons (Fsp3) is 0.333. The summed E-state index contributed by atoms with van der Waals surface area (Å²) in [4.78, 5) is -0.0420. The van der Waals surface area contributed by atoms with E-state index in [1.165, 1.54) is 0 Å². The third kappa shape index (κ3) is 2.56. The summed E-state index contributed by atoms with van der Waals surface area (Å²) < 4.78 is 17.9. The Bertz CT molecular complexity index is 684. The molecule has 0 saturated heterocycles. The van der Waals surface area contributed by atoms with Crippen LogP contribution >= 0.6 is 15.9 Å². The zero-order valence-electron chi connectivity index (χ0n) is 12.7. The zero-order valence-corrected chi connectivity index (χ0v) is 14.3. The molecule has 2 aromatic rings. The number of benzene rings is 2. The second-order valence-corrected chi connectivity index (χ2v) is 6.61. The highest BCUT2D eigenvalue weighted by molar-refractivity contribution is 9.09. The monoisotopic (exact) mass is 362 g/mol. The highest BCUT2D eigenvalue weighted by atomic mass is 79.9. The summed E-state index contributed by atoms with van der Waals surface area (Å²) in [5, 5.41) is 2.21. The average Bonchev–Trinajstić information content (AvgIpc) is 2.80. The number of fused-ring (bicyclic) bond motifs is 1. The molecule has 0 fully saturated rings. The van der Waals surface area contributed by atoms with Gasteiger partial charge < -0.3 is 14.2 Å². The topological polar surface area (TPSA) is 27.7 Å². The van der Waals surface area contributed by atoms with Crippen LogP contribution in [-0.2, 0) is 15.3 Å². The maximum atomic E-state index is 6.15. The Balaban J connectivity index is 2.29. The van der Waals surface area contributed by atoms with Gasteiger partial charge >= 0.3 is 0 Å².